The van der Waals surface area contributed by atoms with E-state index in [1.165, 1.54) is 6.42 Å². The minimum absolute atomic E-state index is 0.194. The van der Waals surface area contributed by atoms with Crippen LogP contribution in [0.4, 0.5) is 5.69 Å². The molecule has 0 unspecified atom stereocenters. The number of nitrogens with zero attached hydrogens (tertiary/aromatic N) is 4. The molecule has 4 rings (SSSR count). The number of ether oxygens (including phenoxy) is 1. The van der Waals surface area contributed by atoms with E-state index in [1.807, 2.05) is 23.1 Å². The van der Waals surface area contributed by atoms with Crippen molar-refractivity contribution in [3.05, 3.63) is 29.8 Å². The Hall–Kier alpha value is -2.57. The summed E-state index contributed by atoms with van der Waals surface area (Å²) < 4.78 is 5.80. The van der Waals surface area contributed by atoms with Crippen molar-refractivity contribution in [1.29, 1.82) is 0 Å². The minimum Gasteiger partial charge on any atom is -0.475 e. The summed E-state index contributed by atoms with van der Waals surface area (Å²) in [5, 5.41) is 0. The first-order valence-electron chi connectivity index (χ1n) is 9.21. The SMILES string of the molecule is CC1(C)COC(c2cccc(N3C(N)=NC(N)=NC34CCCCC4)c2)=N1. The van der Waals surface area contributed by atoms with Gasteiger partial charge in [-0.25, -0.2) is 9.98 Å². The van der Waals surface area contributed by atoms with Gasteiger partial charge in [0.1, 0.15) is 12.3 Å². The van der Waals surface area contributed by atoms with Crippen LogP contribution in [0, 0.1) is 0 Å². The third-order valence-corrected chi connectivity index (χ3v) is 5.17. The lowest BCUT2D eigenvalue weighted by Gasteiger charge is -2.45. The molecule has 0 aromatic heterocycles. The van der Waals surface area contributed by atoms with Gasteiger partial charge in [0.25, 0.3) is 0 Å². The fourth-order valence-electron chi connectivity index (χ4n) is 4.01. The van der Waals surface area contributed by atoms with Gasteiger partial charge in [-0.05, 0) is 57.7 Å². The summed E-state index contributed by atoms with van der Waals surface area (Å²) in [6.45, 7) is 4.71. The van der Waals surface area contributed by atoms with Gasteiger partial charge in [-0.1, -0.05) is 12.5 Å². The second kappa shape index (κ2) is 6.00. The maximum absolute atomic E-state index is 6.31. The molecule has 0 radical (unpaired) electrons. The number of hydrogen-bond acceptors (Lipinski definition) is 7. The second-order valence-corrected chi connectivity index (χ2v) is 7.89. The van der Waals surface area contributed by atoms with Crippen molar-refractivity contribution < 1.29 is 4.74 Å². The molecule has 0 amide bonds. The van der Waals surface area contributed by atoms with Crippen LogP contribution >= 0.6 is 0 Å². The van der Waals surface area contributed by atoms with Gasteiger partial charge in [-0.2, -0.15) is 4.99 Å². The molecule has 7 heteroatoms. The zero-order valence-electron chi connectivity index (χ0n) is 15.4. The van der Waals surface area contributed by atoms with Crippen molar-refractivity contribution in [2.45, 2.75) is 57.2 Å². The van der Waals surface area contributed by atoms with Crippen LogP contribution in [0.2, 0.25) is 0 Å². The van der Waals surface area contributed by atoms with Crippen molar-refractivity contribution in [2.24, 2.45) is 26.4 Å². The number of guanidine groups is 2. The zero-order valence-corrected chi connectivity index (χ0v) is 15.4. The Morgan fingerprint density at radius 1 is 1.08 bits per heavy atom. The van der Waals surface area contributed by atoms with Gasteiger partial charge in [-0.3, -0.25) is 4.90 Å². The number of benzene rings is 1. The number of anilines is 1. The molecule has 0 bridgehead atoms. The van der Waals surface area contributed by atoms with Crippen LogP contribution in [-0.2, 0) is 4.74 Å². The number of aliphatic imine (C=N–C) groups is 3. The van der Waals surface area contributed by atoms with Crippen LogP contribution in [0.25, 0.3) is 0 Å². The first-order valence-corrected chi connectivity index (χ1v) is 9.21. The van der Waals surface area contributed by atoms with Crippen LogP contribution in [0.3, 0.4) is 0 Å². The highest BCUT2D eigenvalue weighted by Crippen LogP contribution is 2.39. The molecule has 0 atom stereocenters. The van der Waals surface area contributed by atoms with Crippen molar-refractivity contribution in [1.82, 2.24) is 0 Å². The maximum atomic E-state index is 6.31. The van der Waals surface area contributed by atoms with E-state index in [-0.39, 0.29) is 11.5 Å². The topological polar surface area (TPSA) is 102 Å². The molecule has 2 heterocycles. The average molecular weight is 354 g/mol. The number of nitrogens with two attached hydrogens (primary N) is 2. The zero-order chi connectivity index (χ0) is 18.4. The van der Waals surface area contributed by atoms with Gasteiger partial charge in [0.05, 0.1) is 5.54 Å². The summed E-state index contributed by atoms with van der Waals surface area (Å²) >= 11 is 0. The molecule has 1 saturated carbocycles. The Balaban J connectivity index is 1.74. The highest BCUT2D eigenvalue weighted by Gasteiger charge is 2.42. The Bertz CT molecular complexity index is 804. The molecule has 1 spiro atoms. The Morgan fingerprint density at radius 3 is 2.54 bits per heavy atom. The molecule has 2 aliphatic heterocycles. The lowest BCUT2D eigenvalue weighted by Crippen LogP contribution is -2.58. The van der Waals surface area contributed by atoms with Gasteiger partial charge in [0.2, 0.25) is 17.8 Å². The molecule has 1 aliphatic carbocycles. The van der Waals surface area contributed by atoms with Crippen molar-refractivity contribution >= 4 is 23.5 Å². The molecule has 4 N–H and O–H groups in total. The summed E-state index contributed by atoms with van der Waals surface area (Å²) in [6.07, 6.45) is 5.24. The molecule has 26 heavy (non-hydrogen) atoms. The average Bonchev–Trinajstić information content (AvgIpc) is 2.95. The molecule has 7 nitrogen and oxygen atoms in total. The van der Waals surface area contributed by atoms with Crippen LogP contribution in [-0.4, -0.2) is 35.6 Å². The minimum atomic E-state index is -0.440. The predicted molar refractivity (Wildman–Crippen MR) is 105 cm³/mol. The summed E-state index contributed by atoms with van der Waals surface area (Å²) in [6, 6.07) is 8.08. The third-order valence-electron chi connectivity index (χ3n) is 5.17. The lowest BCUT2D eigenvalue weighted by atomic mass is 9.87. The first kappa shape index (κ1) is 16.9. The molecular weight excluding hydrogens is 328 g/mol. The van der Waals surface area contributed by atoms with Gasteiger partial charge in [0.15, 0.2) is 0 Å². The molecule has 138 valence electrons. The van der Waals surface area contributed by atoms with E-state index >= 15 is 0 Å². The lowest BCUT2D eigenvalue weighted by molar-refractivity contribution is 0.279. The summed E-state index contributed by atoms with van der Waals surface area (Å²) in [7, 11) is 0. The van der Waals surface area contributed by atoms with Crippen LogP contribution < -0.4 is 16.4 Å². The number of rotatable bonds is 2. The van der Waals surface area contributed by atoms with E-state index in [4.69, 9.17) is 21.2 Å². The van der Waals surface area contributed by atoms with Crippen LogP contribution in [0.15, 0.2) is 39.2 Å². The Labute approximate surface area is 153 Å². The van der Waals surface area contributed by atoms with E-state index in [2.05, 4.69) is 29.9 Å². The molecule has 1 fully saturated rings. The van der Waals surface area contributed by atoms with Gasteiger partial charge < -0.3 is 16.2 Å². The van der Waals surface area contributed by atoms with Gasteiger partial charge >= 0.3 is 0 Å². The van der Waals surface area contributed by atoms with Crippen LogP contribution in [0.5, 0.6) is 0 Å². The van der Waals surface area contributed by atoms with Crippen molar-refractivity contribution in [3.8, 4) is 0 Å². The molecular formula is C19H26N6O. The van der Waals surface area contributed by atoms with Gasteiger partial charge in [-0.15, -0.1) is 0 Å². The number of hydrogen-bond donors (Lipinski definition) is 2. The standard InChI is InChI=1S/C19H26N6O/c1-18(2)12-26-15(23-18)13-7-6-8-14(11-13)25-17(21)22-16(20)24-19(25)9-4-3-5-10-19/h6-8,11H,3-5,9-10,12H2,1-2H3,(H4,20,21,22,24). The maximum Gasteiger partial charge on any atom is 0.220 e. The van der Waals surface area contributed by atoms with E-state index in [0.29, 0.717) is 18.5 Å². The van der Waals surface area contributed by atoms with Gasteiger partial charge in [0, 0.05) is 11.3 Å². The van der Waals surface area contributed by atoms with E-state index in [0.717, 1.165) is 36.9 Å². The molecule has 1 aromatic rings. The van der Waals surface area contributed by atoms with Crippen molar-refractivity contribution in [2.75, 3.05) is 11.5 Å². The summed E-state index contributed by atoms with van der Waals surface area (Å²) in [5.41, 5.74) is 13.5. The highest BCUT2D eigenvalue weighted by atomic mass is 16.5. The fraction of sp³-hybridized carbons (Fsp3) is 0.526. The van der Waals surface area contributed by atoms with Crippen LogP contribution in [0.1, 0.15) is 51.5 Å². The van der Waals surface area contributed by atoms with E-state index in [1.54, 1.807) is 0 Å². The molecule has 0 saturated heterocycles. The van der Waals surface area contributed by atoms with E-state index in [9.17, 15) is 0 Å². The third kappa shape index (κ3) is 2.91. The normalized spacial score (nSPS) is 23.9. The smallest absolute Gasteiger partial charge is 0.220 e. The molecule has 1 aromatic carbocycles. The summed E-state index contributed by atoms with van der Waals surface area (Å²) in [5.74, 6) is 1.33. The quantitative estimate of drug-likeness (QED) is 0.851. The Morgan fingerprint density at radius 2 is 1.85 bits per heavy atom. The fourth-order valence-corrected chi connectivity index (χ4v) is 4.01. The van der Waals surface area contributed by atoms with Crippen molar-refractivity contribution in [3.63, 3.8) is 0 Å². The largest absolute Gasteiger partial charge is 0.475 e. The monoisotopic (exact) mass is 354 g/mol. The Kier molecular flexibility index (Phi) is 3.89. The second-order valence-electron chi connectivity index (χ2n) is 7.89. The molecule has 3 aliphatic rings. The highest BCUT2D eigenvalue weighted by molar-refractivity contribution is 6.06. The first-order chi connectivity index (χ1) is 12.4. The van der Waals surface area contributed by atoms with E-state index < -0.39 is 5.66 Å². The predicted octanol–water partition coefficient (Wildman–Crippen LogP) is 2.35. The summed E-state index contributed by atoms with van der Waals surface area (Å²) in [4.78, 5) is 15.7.